The van der Waals surface area contributed by atoms with Crippen LogP contribution in [0.1, 0.15) is 25.0 Å². The zero-order valence-corrected chi connectivity index (χ0v) is 15.8. The number of hydrogen-bond donors (Lipinski definition) is 2. The predicted molar refractivity (Wildman–Crippen MR) is 98.2 cm³/mol. The van der Waals surface area contributed by atoms with Crippen molar-refractivity contribution in [2.45, 2.75) is 38.3 Å². The largest absolute Gasteiger partial charge is 0.494 e. The van der Waals surface area contributed by atoms with Crippen LogP contribution in [0.4, 0.5) is 0 Å². The average Bonchev–Trinajstić information content (AvgIpc) is 2.62. The van der Waals surface area contributed by atoms with E-state index in [-0.39, 0.29) is 11.4 Å². The molecule has 2 aromatic rings. The smallest absolute Gasteiger partial charge is 0.241 e. The van der Waals surface area contributed by atoms with Crippen LogP contribution in [0, 0.1) is 6.92 Å². The number of amides is 1. The lowest BCUT2D eigenvalue weighted by atomic mass is 10.2. The van der Waals surface area contributed by atoms with Gasteiger partial charge in [0.15, 0.2) is 0 Å². The third-order valence-corrected chi connectivity index (χ3v) is 5.21. The number of nitrogens with one attached hydrogen (secondary N) is 2. The summed E-state index contributed by atoms with van der Waals surface area (Å²) in [7, 11) is -3.82. The van der Waals surface area contributed by atoms with Crippen LogP contribution >= 0.6 is 0 Å². The molecule has 1 aromatic carbocycles. The second-order valence-corrected chi connectivity index (χ2v) is 7.50. The standard InChI is InChI=1S/C18H23N3O4S/c1-4-25-17-8-7-16(10-13(17)2)26(23,24)21-14(3)18(22)20-12-15-6-5-9-19-11-15/h5-11,14,21H,4,12H2,1-3H3,(H,20,22)/t14-/m1/s1. The Balaban J connectivity index is 2.01. The van der Waals surface area contributed by atoms with Crippen molar-refractivity contribution in [1.82, 2.24) is 15.0 Å². The summed E-state index contributed by atoms with van der Waals surface area (Å²) >= 11 is 0. The first-order chi connectivity index (χ1) is 12.3. The molecule has 0 aliphatic rings. The monoisotopic (exact) mass is 377 g/mol. The molecule has 26 heavy (non-hydrogen) atoms. The Bertz CT molecular complexity index is 854. The molecule has 0 saturated carbocycles. The molecule has 140 valence electrons. The predicted octanol–water partition coefficient (Wildman–Crippen LogP) is 1.77. The van der Waals surface area contributed by atoms with Crippen molar-refractivity contribution < 1.29 is 17.9 Å². The Morgan fingerprint density at radius 1 is 1.31 bits per heavy atom. The number of benzene rings is 1. The highest BCUT2D eigenvalue weighted by atomic mass is 32.2. The van der Waals surface area contributed by atoms with Crippen LogP contribution in [0.2, 0.25) is 0 Å². The molecule has 0 radical (unpaired) electrons. The van der Waals surface area contributed by atoms with Crippen molar-refractivity contribution >= 4 is 15.9 Å². The number of carbonyl (C=O) groups is 1. The minimum Gasteiger partial charge on any atom is -0.494 e. The maximum Gasteiger partial charge on any atom is 0.241 e. The highest BCUT2D eigenvalue weighted by Gasteiger charge is 2.22. The van der Waals surface area contributed by atoms with Crippen molar-refractivity contribution in [2.75, 3.05) is 6.61 Å². The van der Waals surface area contributed by atoms with E-state index in [1.54, 1.807) is 31.5 Å². The maximum absolute atomic E-state index is 12.5. The van der Waals surface area contributed by atoms with Gasteiger partial charge in [0.05, 0.1) is 17.5 Å². The molecule has 0 saturated heterocycles. The van der Waals surface area contributed by atoms with Crippen LogP contribution in [-0.2, 0) is 21.4 Å². The minimum atomic E-state index is -3.82. The van der Waals surface area contributed by atoms with E-state index < -0.39 is 22.0 Å². The summed E-state index contributed by atoms with van der Waals surface area (Å²) in [6.45, 7) is 5.91. The Morgan fingerprint density at radius 2 is 2.08 bits per heavy atom. The third kappa shape index (κ3) is 5.27. The van der Waals surface area contributed by atoms with Crippen molar-refractivity contribution in [2.24, 2.45) is 0 Å². The van der Waals surface area contributed by atoms with Gasteiger partial charge < -0.3 is 10.1 Å². The van der Waals surface area contributed by atoms with Gasteiger partial charge in [0.2, 0.25) is 15.9 Å². The molecule has 0 fully saturated rings. The fourth-order valence-corrected chi connectivity index (χ4v) is 3.59. The van der Waals surface area contributed by atoms with E-state index in [1.807, 2.05) is 13.0 Å². The van der Waals surface area contributed by atoms with Gasteiger partial charge in [-0.1, -0.05) is 6.07 Å². The third-order valence-electron chi connectivity index (χ3n) is 3.67. The van der Waals surface area contributed by atoms with Crippen molar-refractivity contribution in [1.29, 1.82) is 0 Å². The minimum absolute atomic E-state index is 0.0883. The molecule has 8 heteroatoms. The van der Waals surface area contributed by atoms with Gasteiger partial charge in [-0.2, -0.15) is 4.72 Å². The van der Waals surface area contributed by atoms with Gasteiger partial charge in [-0.15, -0.1) is 0 Å². The Morgan fingerprint density at radius 3 is 2.69 bits per heavy atom. The number of ether oxygens (including phenoxy) is 1. The first-order valence-electron chi connectivity index (χ1n) is 8.26. The molecular weight excluding hydrogens is 354 g/mol. The van der Waals surface area contributed by atoms with Crippen LogP contribution in [0.3, 0.4) is 0 Å². The van der Waals surface area contributed by atoms with E-state index in [1.165, 1.54) is 19.1 Å². The van der Waals surface area contributed by atoms with E-state index in [0.29, 0.717) is 17.9 Å². The highest BCUT2D eigenvalue weighted by Crippen LogP contribution is 2.21. The van der Waals surface area contributed by atoms with Gasteiger partial charge >= 0.3 is 0 Å². The molecule has 0 aliphatic heterocycles. The van der Waals surface area contributed by atoms with Gasteiger partial charge in [-0.3, -0.25) is 9.78 Å². The summed E-state index contributed by atoms with van der Waals surface area (Å²) in [6, 6.07) is 7.27. The quantitative estimate of drug-likeness (QED) is 0.731. The van der Waals surface area contributed by atoms with Crippen LogP contribution < -0.4 is 14.8 Å². The molecule has 2 N–H and O–H groups in total. The zero-order valence-electron chi connectivity index (χ0n) is 15.0. The van der Waals surface area contributed by atoms with Crippen LogP contribution in [-0.4, -0.2) is 32.0 Å². The summed E-state index contributed by atoms with van der Waals surface area (Å²) in [5.41, 5.74) is 1.54. The summed E-state index contributed by atoms with van der Waals surface area (Å²) in [5.74, 6) is 0.216. The molecule has 1 amide bonds. The SMILES string of the molecule is CCOc1ccc(S(=O)(=O)N[C@H](C)C(=O)NCc2cccnc2)cc1C. The second-order valence-electron chi connectivity index (χ2n) is 5.78. The average molecular weight is 377 g/mol. The normalized spacial score (nSPS) is 12.4. The van der Waals surface area contributed by atoms with Crippen LogP contribution in [0.25, 0.3) is 0 Å². The molecule has 1 heterocycles. The van der Waals surface area contributed by atoms with Gasteiger partial charge in [-0.25, -0.2) is 8.42 Å². The molecule has 1 aromatic heterocycles. The highest BCUT2D eigenvalue weighted by molar-refractivity contribution is 7.89. The van der Waals surface area contributed by atoms with Crippen molar-refractivity contribution in [3.8, 4) is 5.75 Å². The van der Waals surface area contributed by atoms with Crippen molar-refractivity contribution in [3.63, 3.8) is 0 Å². The van der Waals surface area contributed by atoms with Crippen molar-refractivity contribution in [3.05, 3.63) is 53.9 Å². The molecule has 0 unspecified atom stereocenters. The summed E-state index contributed by atoms with van der Waals surface area (Å²) in [5, 5.41) is 2.68. The number of aromatic nitrogens is 1. The number of sulfonamides is 1. The Labute approximate surface area is 153 Å². The number of nitrogens with zero attached hydrogens (tertiary/aromatic N) is 1. The van der Waals surface area contributed by atoms with Gasteiger partial charge in [0.25, 0.3) is 0 Å². The first-order valence-corrected chi connectivity index (χ1v) is 9.74. The fraction of sp³-hybridized carbons (Fsp3) is 0.333. The summed E-state index contributed by atoms with van der Waals surface area (Å²) < 4.78 is 32.8. The Kier molecular flexibility index (Phi) is 6.70. The summed E-state index contributed by atoms with van der Waals surface area (Å²) in [4.78, 5) is 16.2. The number of aryl methyl sites for hydroxylation is 1. The van der Waals surface area contributed by atoms with Crippen LogP contribution in [0.5, 0.6) is 5.75 Å². The van der Waals surface area contributed by atoms with E-state index >= 15 is 0 Å². The first kappa shape index (κ1) is 19.9. The van der Waals surface area contributed by atoms with Gasteiger partial charge in [0.1, 0.15) is 5.75 Å². The molecule has 1 atom stereocenters. The van der Waals surface area contributed by atoms with E-state index in [0.717, 1.165) is 5.56 Å². The topological polar surface area (TPSA) is 97.4 Å². The fourth-order valence-electron chi connectivity index (χ4n) is 2.31. The maximum atomic E-state index is 12.5. The number of hydrogen-bond acceptors (Lipinski definition) is 5. The van der Waals surface area contributed by atoms with Gasteiger partial charge in [-0.05, 0) is 56.2 Å². The van der Waals surface area contributed by atoms with E-state index in [4.69, 9.17) is 4.74 Å². The van der Waals surface area contributed by atoms with E-state index in [9.17, 15) is 13.2 Å². The lowest BCUT2D eigenvalue weighted by Crippen LogP contribution is -2.44. The summed E-state index contributed by atoms with van der Waals surface area (Å²) in [6.07, 6.45) is 3.28. The number of pyridine rings is 1. The lowest BCUT2D eigenvalue weighted by Gasteiger charge is -2.15. The second kappa shape index (κ2) is 8.77. The molecule has 2 rings (SSSR count). The lowest BCUT2D eigenvalue weighted by molar-refractivity contribution is -0.122. The Hall–Kier alpha value is -2.45. The number of rotatable bonds is 8. The molecular formula is C18H23N3O4S. The molecule has 0 bridgehead atoms. The molecule has 0 aliphatic carbocycles. The number of carbonyl (C=O) groups excluding carboxylic acids is 1. The van der Waals surface area contributed by atoms with Crippen LogP contribution in [0.15, 0.2) is 47.6 Å². The van der Waals surface area contributed by atoms with E-state index in [2.05, 4.69) is 15.0 Å². The van der Waals surface area contributed by atoms with Gasteiger partial charge in [0, 0.05) is 18.9 Å². The molecule has 0 spiro atoms. The molecule has 7 nitrogen and oxygen atoms in total. The zero-order chi connectivity index (χ0) is 19.2.